The van der Waals surface area contributed by atoms with Crippen LogP contribution >= 0.6 is 23.2 Å². The Morgan fingerprint density at radius 3 is 2.79 bits per heavy atom. The SMILES string of the molecule is NCC(O)COc1cccc(Cl)c1Cl. The Bertz CT molecular complexity index is 307. The van der Waals surface area contributed by atoms with Gasteiger partial charge in [-0.3, -0.25) is 0 Å². The third-order valence-electron chi connectivity index (χ3n) is 1.62. The summed E-state index contributed by atoms with van der Waals surface area (Å²) < 4.78 is 5.22. The molecule has 1 rings (SSSR count). The minimum Gasteiger partial charge on any atom is -0.489 e. The molecule has 0 amide bonds. The molecule has 0 heterocycles. The predicted molar refractivity (Wildman–Crippen MR) is 57.0 cm³/mol. The van der Waals surface area contributed by atoms with Gasteiger partial charge in [0, 0.05) is 6.54 Å². The number of aliphatic hydroxyl groups excluding tert-OH is 1. The predicted octanol–water partition coefficient (Wildman–Crippen LogP) is 1.69. The topological polar surface area (TPSA) is 55.5 Å². The number of nitrogens with two attached hydrogens (primary N) is 1. The molecule has 3 N–H and O–H groups in total. The molecule has 5 heteroatoms. The number of aliphatic hydroxyl groups is 1. The summed E-state index contributed by atoms with van der Waals surface area (Å²) in [6, 6.07) is 5.06. The van der Waals surface area contributed by atoms with E-state index in [9.17, 15) is 0 Å². The lowest BCUT2D eigenvalue weighted by molar-refractivity contribution is 0.114. The zero-order chi connectivity index (χ0) is 10.6. The van der Waals surface area contributed by atoms with Crippen LogP contribution in [0, 0.1) is 0 Å². The third-order valence-corrected chi connectivity index (χ3v) is 2.42. The number of rotatable bonds is 4. The van der Waals surface area contributed by atoms with Gasteiger partial charge in [-0.25, -0.2) is 0 Å². The highest BCUT2D eigenvalue weighted by atomic mass is 35.5. The Kier molecular flexibility index (Phi) is 4.48. The van der Waals surface area contributed by atoms with Crippen LogP contribution in [0.4, 0.5) is 0 Å². The van der Waals surface area contributed by atoms with Crippen molar-refractivity contribution < 1.29 is 9.84 Å². The fourth-order valence-corrected chi connectivity index (χ4v) is 1.20. The van der Waals surface area contributed by atoms with Crippen molar-refractivity contribution in [2.75, 3.05) is 13.2 Å². The molecule has 0 radical (unpaired) electrons. The van der Waals surface area contributed by atoms with Crippen molar-refractivity contribution in [3.8, 4) is 5.75 Å². The zero-order valence-electron chi connectivity index (χ0n) is 7.41. The second-order valence-electron chi connectivity index (χ2n) is 2.75. The van der Waals surface area contributed by atoms with E-state index in [0.717, 1.165) is 0 Å². The normalized spacial score (nSPS) is 12.6. The van der Waals surface area contributed by atoms with Gasteiger partial charge < -0.3 is 15.6 Å². The summed E-state index contributed by atoms with van der Waals surface area (Å²) in [5.74, 6) is 0.451. The molecule has 1 atom stereocenters. The molecule has 0 aromatic heterocycles. The number of hydrogen-bond acceptors (Lipinski definition) is 3. The van der Waals surface area contributed by atoms with E-state index in [2.05, 4.69) is 0 Å². The molecule has 0 saturated carbocycles. The van der Waals surface area contributed by atoms with Crippen molar-refractivity contribution in [1.82, 2.24) is 0 Å². The highest BCUT2D eigenvalue weighted by molar-refractivity contribution is 6.42. The molecule has 0 aliphatic rings. The van der Waals surface area contributed by atoms with Crippen molar-refractivity contribution in [3.05, 3.63) is 28.2 Å². The molecule has 0 aliphatic carbocycles. The zero-order valence-corrected chi connectivity index (χ0v) is 8.92. The Morgan fingerprint density at radius 1 is 1.43 bits per heavy atom. The maximum atomic E-state index is 9.15. The average molecular weight is 236 g/mol. The number of halogens is 2. The van der Waals surface area contributed by atoms with E-state index in [4.69, 9.17) is 38.8 Å². The van der Waals surface area contributed by atoms with Crippen LogP contribution < -0.4 is 10.5 Å². The van der Waals surface area contributed by atoms with E-state index in [0.29, 0.717) is 15.8 Å². The summed E-state index contributed by atoms with van der Waals surface area (Å²) in [4.78, 5) is 0. The Balaban J connectivity index is 2.63. The van der Waals surface area contributed by atoms with Crippen LogP contribution in [0.25, 0.3) is 0 Å². The molecule has 14 heavy (non-hydrogen) atoms. The lowest BCUT2D eigenvalue weighted by atomic mass is 10.3. The van der Waals surface area contributed by atoms with Crippen molar-refractivity contribution in [2.24, 2.45) is 5.73 Å². The van der Waals surface area contributed by atoms with E-state index in [-0.39, 0.29) is 13.2 Å². The Morgan fingerprint density at radius 2 is 2.14 bits per heavy atom. The molecule has 78 valence electrons. The summed E-state index contributed by atoms with van der Waals surface area (Å²) in [5.41, 5.74) is 5.22. The number of benzene rings is 1. The number of ether oxygens (including phenoxy) is 1. The molecule has 0 fully saturated rings. The summed E-state index contributed by atoms with van der Waals surface area (Å²) >= 11 is 11.6. The Hall–Kier alpha value is -0.480. The third kappa shape index (κ3) is 3.03. The molecule has 1 aromatic rings. The monoisotopic (exact) mass is 235 g/mol. The minimum absolute atomic E-state index is 0.108. The second-order valence-corrected chi connectivity index (χ2v) is 3.54. The van der Waals surface area contributed by atoms with E-state index in [1.165, 1.54) is 0 Å². The molecule has 1 unspecified atom stereocenters. The maximum absolute atomic E-state index is 9.15. The largest absolute Gasteiger partial charge is 0.489 e. The highest BCUT2D eigenvalue weighted by Gasteiger charge is 2.07. The van der Waals surface area contributed by atoms with Crippen molar-refractivity contribution >= 4 is 23.2 Å². The lowest BCUT2D eigenvalue weighted by Crippen LogP contribution is -2.26. The number of hydrogen-bond donors (Lipinski definition) is 2. The van der Waals surface area contributed by atoms with Crippen molar-refractivity contribution in [2.45, 2.75) is 6.10 Å². The molecular formula is C9H11Cl2NO2. The minimum atomic E-state index is -0.690. The van der Waals surface area contributed by atoms with Crippen LogP contribution in [-0.2, 0) is 0 Å². The van der Waals surface area contributed by atoms with Crippen LogP contribution in [0.1, 0.15) is 0 Å². The smallest absolute Gasteiger partial charge is 0.139 e. The van der Waals surface area contributed by atoms with E-state index < -0.39 is 6.10 Å². The van der Waals surface area contributed by atoms with Gasteiger partial charge >= 0.3 is 0 Å². The molecule has 0 spiro atoms. The molecule has 0 aliphatic heterocycles. The van der Waals surface area contributed by atoms with Gasteiger partial charge in [0.15, 0.2) is 0 Å². The van der Waals surface area contributed by atoms with E-state index in [1.54, 1.807) is 18.2 Å². The van der Waals surface area contributed by atoms with Crippen LogP contribution in [0.3, 0.4) is 0 Å². The quantitative estimate of drug-likeness (QED) is 0.836. The highest BCUT2D eigenvalue weighted by Crippen LogP contribution is 2.31. The summed E-state index contributed by atoms with van der Waals surface area (Å²) in [5, 5.41) is 9.92. The van der Waals surface area contributed by atoms with Crippen molar-refractivity contribution in [1.29, 1.82) is 0 Å². The molecular weight excluding hydrogens is 225 g/mol. The first-order chi connectivity index (χ1) is 6.65. The van der Waals surface area contributed by atoms with Crippen LogP contribution in [-0.4, -0.2) is 24.4 Å². The van der Waals surface area contributed by atoms with Gasteiger partial charge in [-0.1, -0.05) is 29.3 Å². The fourth-order valence-electron chi connectivity index (χ4n) is 0.850. The fraction of sp³-hybridized carbons (Fsp3) is 0.333. The van der Waals surface area contributed by atoms with Gasteiger partial charge in [-0.15, -0.1) is 0 Å². The summed E-state index contributed by atoms with van der Waals surface area (Å²) in [6.45, 7) is 0.259. The van der Waals surface area contributed by atoms with Gasteiger partial charge in [-0.05, 0) is 12.1 Å². The molecule has 0 bridgehead atoms. The first-order valence-electron chi connectivity index (χ1n) is 4.10. The Labute approximate surface area is 92.4 Å². The van der Waals surface area contributed by atoms with Crippen LogP contribution in [0.5, 0.6) is 5.75 Å². The first-order valence-corrected chi connectivity index (χ1v) is 4.85. The average Bonchev–Trinajstić information content (AvgIpc) is 2.20. The van der Waals surface area contributed by atoms with E-state index in [1.807, 2.05) is 0 Å². The van der Waals surface area contributed by atoms with Crippen molar-refractivity contribution in [3.63, 3.8) is 0 Å². The van der Waals surface area contributed by atoms with Gasteiger partial charge in [0.1, 0.15) is 23.5 Å². The van der Waals surface area contributed by atoms with Crippen LogP contribution in [0.2, 0.25) is 10.0 Å². The first kappa shape index (κ1) is 11.6. The van der Waals surface area contributed by atoms with Gasteiger partial charge in [0.25, 0.3) is 0 Å². The summed E-state index contributed by atoms with van der Waals surface area (Å²) in [7, 11) is 0. The molecule has 1 aromatic carbocycles. The summed E-state index contributed by atoms with van der Waals surface area (Å²) in [6.07, 6.45) is -0.690. The second kappa shape index (κ2) is 5.41. The van der Waals surface area contributed by atoms with Gasteiger partial charge in [0.05, 0.1) is 5.02 Å². The maximum Gasteiger partial charge on any atom is 0.139 e. The molecule has 3 nitrogen and oxygen atoms in total. The lowest BCUT2D eigenvalue weighted by Gasteiger charge is -2.11. The standard InChI is InChI=1S/C9H11Cl2NO2/c10-7-2-1-3-8(9(7)11)14-5-6(13)4-12/h1-3,6,13H,4-5,12H2. The van der Waals surface area contributed by atoms with Crippen LogP contribution in [0.15, 0.2) is 18.2 Å². The van der Waals surface area contributed by atoms with Gasteiger partial charge in [-0.2, -0.15) is 0 Å². The van der Waals surface area contributed by atoms with Gasteiger partial charge in [0.2, 0.25) is 0 Å². The molecule has 0 saturated heterocycles. The van der Waals surface area contributed by atoms with E-state index >= 15 is 0 Å².